The van der Waals surface area contributed by atoms with Crippen LogP contribution < -0.4 is 0 Å². The van der Waals surface area contributed by atoms with Gasteiger partial charge < -0.3 is 19.5 Å². The van der Waals surface area contributed by atoms with E-state index in [1.54, 1.807) is 4.90 Å². The topological polar surface area (TPSA) is 76.1 Å². The number of carbonyl (C=O) groups excluding carboxylic acids is 1. The van der Waals surface area contributed by atoms with Gasteiger partial charge in [0.05, 0.1) is 25.2 Å². The van der Waals surface area contributed by atoms with E-state index in [-0.39, 0.29) is 18.4 Å². The monoisotopic (exact) mass is 347 g/mol. The number of hydrogen-bond donors (Lipinski definition) is 1. The van der Waals surface area contributed by atoms with Crippen LogP contribution in [0.25, 0.3) is 0 Å². The minimum atomic E-state index is -0.916. The van der Waals surface area contributed by atoms with Gasteiger partial charge >= 0.3 is 5.97 Å². The molecule has 0 spiro atoms. The largest absolute Gasteiger partial charge is 0.481 e. The second-order valence-electron chi connectivity index (χ2n) is 6.71. The van der Waals surface area contributed by atoms with Crippen LogP contribution in [0, 0.1) is 0 Å². The van der Waals surface area contributed by atoms with E-state index in [1.807, 2.05) is 30.3 Å². The first kappa shape index (κ1) is 17.9. The molecule has 1 aliphatic carbocycles. The van der Waals surface area contributed by atoms with Crippen molar-refractivity contribution in [2.45, 2.75) is 50.4 Å². The lowest BCUT2D eigenvalue weighted by Crippen LogP contribution is -2.48. The Labute approximate surface area is 147 Å². The summed E-state index contributed by atoms with van der Waals surface area (Å²) in [6.45, 7) is 1.11. The quantitative estimate of drug-likeness (QED) is 0.855. The van der Waals surface area contributed by atoms with Crippen molar-refractivity contribution in [2.75, 3.05) is 19.7 Å². The van der Waals surface area contributed by atoms with Crippen LogP contribution in [0.5, 0.6) is 0 Å². The molecule has 1 amide bonds. The van der Waals surface area contributed by atoms with Gasteiger partial charge in [-0.05, 0) is 18.4 Å². The summed E-state index contributed by atoms with van der Waals surface area (Å²) in [5.41, 5.74) is 0.848. The van der Waals surface area contributed by atoms with Crippen LogP contribution in [0.15, 0.2) is 30.3 Å². The molecular weight excluding hydrogens is 322 g/mol. The van der Waals surface area contributed by atoms with E-state index in [9.17, 15) is 9.59 Å². The normalized spacial score (nSPS) is 22.7. The first-order valence-corrected chi connectivity index (χ1v) is 8.96. The van der Waals surface area contributed by atoms with Gasteiger partial charge in [-0.25, -0.2) is 0 Å². The molecule has 2 fully saturated rings. The van der Waals surface area contributed by atoms with Gasteiger partial charge in [-0.15, -0.1) is 0 Å². The van der Waals surface area contributed by atoms with Crippen LogP contribution in [-0.2, 0) is 19.1 Å². The van der Waals surface area contributed by atoms with E-state index < -0.39 is 18.2 Å². The number of aliphatic carboxylic acids is 1. The molecular formula is C19H25NO5. The number of amides is 1. The van der Waals surface area contributed by atoms with Gasteiger partial charge in [0.25, 0.3) is 5.91 Å². The van der Waals surface area contributed by atoms with E-state index >= 15 is 0 Å². The molecule has 1 heterocycles. The van der Waals surface area contributed by atoms with Crippen LogP contribution in [0.2, 0.25) is 0 Å². The maximum atomic E-state index is 13.1. The van der Waals surface area contributed by atoms with Crippen molar-refractivity contribution in [3.8, 4) is 0 Å². The molecule has 0 aromatic heterocycles. The lowest BCUT2D eigenvalue weighted by atomic mass is 10.1. The third kappa shape index (κ3) is 4.80. The molecule has 3 rings (SSSR count). The first-order chi connectivity index (χ1) is 12.1. The minimum Gasteiger partial charge on any atom is -0.481 e. The van der Waals surface area contributed by atoms with Gasteiger partial charge in [-0.2, -0.15) is 0 Å². The highest BCUT2D eigenvalue weighted by Gasteiger charge is 2.33. The fourth-order valence-corrected chi connectivity index (χ4v) is 3.53. The molecule has 2 atom stereocenters. The van der Waals surface area contributed by atoms with Gasteiger partial charge in [0.2, 0.25) is 0 Å². The summed E-state index contributed by atoms with van der Waals surface area (Å²) in [5, 5.41) is 8.96. The predicted molar refractivity (Wildman–Crippen MR) is 91.1 cm³/mol. The molecule has 1 saturated heterocycles. The average Bonchev–Trinajstić information content (AvgIpc) is 3.13. The Balaban J connectivity index is 1.72. The smallest absolute Gasteiger partial charge is 0.306 e. The van der Waals surface area contributed by atoms with Crippen LogP contribution in [0.3, 0.4) is 0 Å². The van der Waals surface area contributed by atoms with E-state index in [0.29, 0.717) is 19.7 Å². The summed E-state index contributed by atoms with van der Waals surface area (Å²) in [5.74, 6) is -1.02. The minimum absolute atomic E-state index is 0.0940. The fraction of sp³-hybridized carbons (Fsp3) is 0.579. The maximum absolute atomic E-state index is 13.1. The van der Waals surface area contributed by atoms with Gasteiger partial charge in [-0.3, -0.25) is 9.59 Å². The number of rotatable bonds is 6. The molecule has 25 heavy (non-hydrogen) atoms. The summed E-state index contributed by atoms with van der Waals surface area (Å²) in [4.78, 5) is 25.7. The molecule has 0 bridgehead atoms. The Hall–Kier alpha value is -1.92. The number of ether oxygens (including phenoxy) is 2. The third-order valence-electron chi connectivity index (χ3n) is 4.81. The average molecular weight is 347 g/mol. The van der Waals surface area contributed by atoms with Crippen molar-refractivity contribution in [2.24, 2.45) is 0 Å². The molecule has 6 nitrogen and oxygen atoms in total. The summed E-state index contributed by atoms with van der Waals surface area (Å²) >= 11 is 0. The second kappa shape index (κ2) is 8.45. The molecule has 6 heteroatoms. The second-order valence-corrected chi connectivity index (χ2v) is 6.71. The van der Waals surface area contributed by atoms with Crippen LogP contribution in [0.4, 0.5) is 0 Å². The van der Waals surface area contributed by atoms with Crippen molar-refractivity contribution in [1.29, 1.82) is 0 Å². The highest BCUT2D eigenvalue weighted by atomic mass is 16.5. The molecule has 1 aliphatic heterocycles. The maximum Gasteiger partial charge on any atom is 0.306 e. The fourth-order valence-electron chi connectivity index (χ4n) is 3.53. The van der Waals surface area contributed by atoms with E-state index in [0.717, 1.165) is 31.2 Å². The number of hydrogen-bond acceptors (Lipinski definition) is 4. The van der Waals surface area contributed by atoms with Crippen molar-refractivity contribution in [3.63, 3.8) is 0 Å². The number of carboxylic acid groups (broad SMARTS) is 1. The van der Waals surface area contributed by atoms with Gasteiger partial charge in [0.1, 0.15) is 0 Å². The summed E-state index contributed by atoms with van der Waals surface area (Å²) in [6.07, 6.45) is 3.18. The Kier molecular flexibility index (Phi) is 6.04. The van der Waals surface area contributed by atoms with E-state index in [4.69, 9.17) is 14.6 Å². The summed E-state index contributed by atoms with van der Waals surface area (Å²) in [6, 6.07) is 9.54. The van der Waals surface area contributed by atoms with Crippen LogP contribution >= 0.6 is 0 Å². The molecule has 0 unspecified atom stereocenters. The molecule has 1 saturated carbocycles. The first-order valence-electron chi connectivity index (χ1n) is 8.96. The van der Waals surface area contributed by atoms with Gasteiger partial charge in [0, 0.05) is 13.1 Å². The van der Waals surface area contributed by atoms with Gasteiger partial charge in [-0.1, -0.05) is 43.2 Å². The van der Waals surface area contributed by atoms with E-state index in [1.165, 1.54) is 0 Å². The number of carbonyl (C=O) groups is 2. The Bertz CT molecular complexity index is 585. The lowest BCUT2D eigenvalue weighted by Gasteiger charge is -2.35. The highest BCUT2D eigenvalue weighted by molar-refractivity contribution is 5.82. The third-order valence-corrected chi connectivity index (χ3v) is 4.81. The summed E-state index contributed by atoms with van der Waals surface area (Å²) < 4.78 is 11.7. The molecule has 136 valence electrons. The molecule has 1 aromatic rings. The van der Waals surface area contributed by atoms with Crippen molar-refractivity contribution in [3.05, 3.63) is 35.9 Å². The Morgan fingerprint density at radius 3 is 2.64 bits per heavy atom. The SMILES string of the molecule is O=C(O)C[C@@H]1CN(C(=O)[C@H](OC2CCCC2)c2ccccc2)CCO1. The zero-order chi connectivity index (χ0) is 17.6. The zero-order valence-corrected chi connectivity index (χ0v) is 14.3. The Morgan fingerprint density at radius 1 is 1.24 bits per heavy atom. The highest BCUT2D eigenvalue weighted by Crippen LogP contribution is 2.29. The summed E-state index contributed by atoms with van der Waals surface area (Å²) in [7, 11) is 0. The lowest BCUT2D eigenvalue weighted by molar-refractivity contribution is -0.158. The Morgan fingerprint density at radius 2 is 1.96 bits per heavy atom. The molecule has 1 N–H and O–H groups in total. The number of carboxylic acids is 1. The van der Waals surface area contributed by atoms with Crippen LogP contribution in [-0.4, -0.2) is 53.8 Å². The molecule has 1 aromatic carbocycles. The molecule has 2 aliphatic rings. The van der Waals surface area contributed by atoms with Crippen molar-refractivity contribution < 1.29 is 24.2 Å². The van der Waals surface area contributed by atoms with E-state index in [2.05, 4.69) is 0 Å². The van der Waals surface area contributed by atoms with Crippen LogP contribution in [0.1, 0.15) is 43.8 Å². The number of morpholine rings is 1. The van der Waals surface area contributed by atoms with Crippen molar-refractivity contribution >= 4 is 11.9 Å². The standard InChI is InChI=1S/C19H25NO5/c21-17(22)12-16-13-20(10-11-24-16)19(23)18(14-6-2-1-3-7-14)25-15-8-4-5-9-15/h1-3,6-7,15-16,18H,4-5,8-13H2,(H,21,22)/t16-,18-/m1/s1. The van der Waals surface area contributed by atoms with Crippen molar-refractivity contribution in [1.82, 2.24) is 4.90 Å². The predicted octanol–water partition coefficient (Wildman–Crippen LogP) is 2.39. The number of benzene rings is 1. The molecule has 0 radical (unpaired) electrons. The zero-order valence-electron chi connectivity index (χ0n) is 14.3. The van der Waals surface area contributed by atoms with Gasteiger partial charge in [0.15, 0.2) is 6.10 Å². The number of nitrogens with zero attached hydrogens (tertiary/aromatic N) is 1.